The fraction of sp³-hybridized carbons (Fsp3) is 0.318. The van der Waals surface area contributed by atoms with E-state index in [9.17, 15) is 14.4 Å². The number of carbonyl (C=O) groups is 3. The minimum atomic E-state index is -0.515. The average Bonchev–Trinajstić information content (AvgIpc) is 2.93. The van der Waals surface area contributed by atoms with Crippen LogP contribution in [0.25, 0.3) is 0 Å². The molecular formula is C22H21NO4. The zero-order chi connectivity index (χ0) is 19.0. The van der Waals surface area contributed by atoms with E-state index in [4.69, 9.17) is 4.74 Å². The maximum absolute atomic E-state index is 12.7. The number of benzene rings is 2. The van der Waals surface area contributed by atoms with Gasteiger partial charge in [0.2, 0.25) is 11.8 Å². The third kappa shape index (κ3) is 3.25. The topological polar surface area (TPSA) is 63.7 Å². The van der Waals surface area contributed by atoms with Gasteiger partial charge in [0.15, 0.2) is 0 Å². The van der Waals surface area contributed by atoms with Crippen LogP contribution in [-0.4, -0.2) is 17.8 Å². The van der Waals surface area contributed by atoms with Crippen LogP contribution in [0.3, 0.4) is 0 Å². The number of fused-ring (bicyclic) bond motifs is 1. The molecule has 2 aromatic rings. The van der Waals surface area contributed by atoms with Crippen LogP contribution in [0.15, 0.2) is 48.5 Å². The predicted octanol–water partition coefficient (Wildman–Crippen LogP) is 3.89. The molecule has 0 spiro atoms. The lowest BCUT2D eigenvalue weighted by molar-refractivity contribution is -0.122. The lowest BCUT2D eigenvalue weighted by Gasteiger charge is -2.19. The average molecular weight is 363 g/mol. The summed E-state index contributed by atoms with van der Waals surface area (Å²) >= 11 is 0. The first-order chi connectivity index (χ1) is 13.0. The second-order valence-electron chi connectivity index (χ2n) is 7.27. The maximum atomic E-state index is 12.7. The number of hydrogen-bond donors (Lipinski definition) is 0. The number of ether oxygens (including phenoxy) is 1. The molecule has 1 saturated carbocycles. The third-order valence-electron chi connectivity index (χ3n) is 5.38. The van der Waals surface area contributed by atoms with Crippen molar-refractivity contribution in [2.45, 2.75) is 32.6 Å². The highest BCUT2D eigenvalue weighted by molar-refractivity contribution is 6.22. The Morgan fingerprint density at radius 3 is 2.30 bits per heavy atom. The first-order valence-corrected chi connectivity index (χ1v) is 9.31. The van der Waals surface area contributed by atoms with Gasteiger partial charge in [0.1, 0.15) is 5.75 Å². The Bertz CT molecular complexity index is 896. The fourth-order valence-corrected chi connectivity index (χ4v) is 4.03. The van der Waals surface area contributed by atoms with E-state index in [0.29, 0.717) is 17.0 Å². The molecule has 27 heavy (non-hydrogen) atoms. The summed E-state index contributed by atoms with van der Waals surface area (Å²) in [6, 6.07) is 13.8. The van der Waals surface area contributed by atoms with Crippen LogP contribution in [0.5, 0.6) is 5.75 Å². The lowest BCUT2D eigenvalue weighted by Crippen LogP contribution is -2.31. The Balaban J connectivity index is 1.58. The highest BCUT2D eigenvalue weighted by Crippen LogP contribution is 2.40. The summed E-state index contributed by atoms with van der Waals surface area (Å²) in [4.78, 5) is 39.2. The molecule has 2 amide bonds. The Kier molecular flexibility index (Phi) is 4.52. The molecule has 0 bridgehead atoms. The molecule has 1 aliphatic heterocycles. The summed E-state index contributed by atoms with van der Waals surface area (Å²) in [6.45, 7) is 1.92. The highest BCUT2D eigenvalue weighted by Gasteiger charge is 2.48. The molecule has 4 rings (SSSR count). The van der Waals surface area contributed by atoms with Crippen molar-refractivity contribution in [2.75, 3.05) is 4.90 Å². The zero-order valence-corrected chi connectivity index (χ0v) is 15.2. The van der Waals surface area contributed by atoms with Crippen LogP contribution in [0, 0.1) is 18.8 Å². The van der Waals surface area contributed by atoms with Crippen molar-refractivity contribution in [2.24, 2.45) is 11.8 Å². The van der Waals surface area contributed by atoms with E-state index in [2.05, 4.69) is 0 Å². The van der Waals surface area contributed by atoms with Gasteiger partial charge in [-0.15, -0.1) is 0 Å². The van der Waals surface area contributed by atoms with Crippen LogP contribution < -0.4 is 9.64 Å². The molecule has 1 aliphatic carbocycles. The third-order valence-corrected chi connectivity index (χ3v) is 5.38. The predicted molar refractivity (Wildman–Crippen MR) is 101 cm³/mol. The number of hydrogen-bond acceptors (Lipinski definition) is 4. The van der Waals surface area contributed by atoms with Crippen molar-refractivity contribution in [1.82, 2.24) is 0 Å². The van der Waals surface area contributed by atoms with E-state index in [-0.39, 0.29) is 23.7 Å². The lowest BCUT2D eigenvalue weighted by atomic mass is 9.81. The van der Waals surface area contributed by atoms with E-state index in [1.54, 1.807) is 36.4 Å². The van der Waals surface area contributed by atoms with Gasteiger partial charge in [-0.3, -0.25) is 14.5 Å². The molecule has 5 heteroatoms. The summed E-state index contributed by atoms with van der Waals surface area (Å²) in [5, 5.41) is 0. The van der Waals surface area contributed by atoms with Crippen LogP contribution in [0.2, 0.25) is 0 Å². The molecule has 2 aromatic carbocycles. The SMILES string of the molecule is Cc1cccc(OC(=O)c2cccc(N3C(=O)[C@H]4CCCC[C@H]4C3=O)c2)c1. The van der Waals surface area contributed by atoms with Crippen LogP contribution >= 0.6 is 0 Å². The quantitative estimate of drug-likeness (QED) is 0.471. The number of aryl methyl sites for hydroxylation is 1. The number of imide groups is 1. The molecule has 0 N–H and O–H groups in total. The van der Waals surface area contributed by atoms with E-state index in [0.717, 1.165) is 31.2 Å². The van der Waals surface area contributed by atoms with E-state index < -0.39 is 5.97 Å². The molecule has 1 heterocycles. The van der Waals surface area contributed by atoms with Crippen molar-refractivity contribution in [3.05, 3.63) is 59.7 Å². The van der Waals surface area contributed by atoms with Gasteiger partial charge in [0.05, 0.1) is 23.1 Å². The molecule has 0 unspecified atom stereocenters. The minimum absolute atomic E-state index is 0.145. The summed E-state index contributed by atoms with van der Waals surface area (Å²) < 4.78 is 5.42. The molecule has 138 valence electrons. The molecule has 2 fully saturated rings. The first-order valence-electron chi connectivity index (χ1n) is 9.31. The maximum Gasteiger partial charge on any atom is 0.343 e. The number of amides is 2. The largest absolute Gasteiger partial charge is 0.423 e. The standard InChI is InChI=1S/C22H21NO4/c1-14-6-4-9-17(12-14)27-22(26)15-7-5-8-16(13-15)23-20(24)18-10-2-3-11-19(18)21(23)25/h4-9,12-13,18-19H,2-3,10-11H2,1H3/t18-,19+. The monoisotopic (exact) mass is 363 g/mol. The summed E-state index contributed by atoms with van der Waals surface area (Å²) in [6.07, 6.45) is 3.50. The Labute approximate surface area is 157 Å². The Morgan fingerprint density at radius 2 is 1.63 bits per heavy atom. The van der Waals surface area contributed by atoms with E-state index >= 15 is 0 Å². The van der Waals surface area contributed by atoms with Crippen molar-refractivity contribution < 1.29 is 19.1 Å². The fourth-order valence-electron chi connectivity index (χ4n) is 4.03. The Morgan fingerprint density at radius 1 is 0.963 bits per heavy atom. The van der Waals surface area contributed by atoms with Gasteiger partial charge in [0.25, 0.3) is 0 Å². The van der Waals surface area contributed by atoms with Gasteiger partial charge < -0.3 is 4.74 Å². The van der Waals surface area contributed by atoms with E-state index in [1.165, 1.54) is 4.90 Å². The molecule has 0 aromatic heterocycles. The summed E-state index contributed by atoms with van der Waals surface area (Å²) in [5.41, 5.74) is 1.74. The molecule has 1 saturated heterocycles. The zero-order valence-electron chi connectivity index (χ0n) is 15.2. The van der Waals surface area contributed by atoms with Crippen molar-refractivity contribution >= 4 is 23.5 Å². The molecule has 5 nitrogen and oxygen atoms in total. The van der Waals surface area contributed by atoms with Gasteiger partial charge in [-0.1, -0.05) is 31.0 Å². The first kappa shape index (κ1) is 17.5. The van der Waals surface area contributed by atoms with Gasteiger partial charge in [-0.25, -0.2) is 4.79 Å². The second-order valence-corrected chi connectivity index (χ2v) is 7.27. The number of nitrogens with zero attached hydrogens (tertiary/aromatic N) is 1. The normalized spacial score (nSPS) is 21.9. The molecular weight excluding hydrogens is 342 g/mol. The summed E-state index contributed by atoms with van der Waals surface area (Å²) in [5.74, 6) is -0.769. The van der Waals surface area contributed by atoms with Crippen molar-refractivity contribution in [1.29, 1.82) is 0 Å². The molecule has 0 radical (unpaired) electrons. The van der Waals surface area contributed by atoms with Crippen LogP contribution in [-0.2, 0) is 9.59 Å². The van der Waals surface area contributed by atoms with Gasteiger partial charge in [0, 0.05) is 0 Å². The summed E-state index contributed by atoms with van der Waals surface area (Å²) in [7, 11) is 0. The minimum Gasteiger partial charge on any atom is -0.423 e. The highest BCUT2D eigenvalue weighted by atomic mass is 16.5. The number of carbonyl (C=O) groups excluding carboxylic acids is 3. The molecule has 2 aliphatic rings. The van der Waals surface area contributed by atoms with Gasteiger partial charge in [-0.05, 0) is 55.7 Å². The van der Waals surface area contributed by atoms with Crippen molar-refractivity contribution in [3.8, 4) is 5.75 Å². The van der Waals surface area contributed by atoms with Gasteiger partial charge >= 0.3 is 5.97 Å². The smallest absolute Gasteiger partial charge is 0.343 e. The van der Waals surface area contributed by atoms with Gasteiger partial charge in [-0.2, -0.15) is 0 Å². The Hall–Kier alpha value is -2.95. The second kappa shape index (κ2) is 6.99. The van der Waals surface area contributed by atoms with Crippen LogP contribution in [0.1, 0.15) is 41.6 Å². The number of anilines is 1. The van der Waals surface area contributed by atoms with Crippen molar-refractivity contribution in [3.63, 3.8) is 0 Å². The number of rotatable bonds is 3. The van der Waals surface area contributed by atoms with E-state index in [1.807, 2.05) is 19.1 Å². The number of esters is 1. The van der Waals surface area contributed by atoms with Crippen LogP contribution in [0.4, 0.5) is 5.69 Å². The molecule has 2 atom stereocenters.